The van der Waals surface area contributed by atoms with Gasteiger partial charge in [-0.25, -0.2) is 0 Å². The number of methoxy groups -OCH3 is 1. The Kier molecular flexibility index (Phi) is 5.57. The Morgan fingerprint density at radius 2 is 2.00 bits per heavy atom. The average molecular weight is 405 g/mol. The summed E-state index contributed by atoms with van der Waals surface area (Å²) in [6.07, 6.45) is 3.68. The first-order chi connectivity index (χ1) is 14.5. The lowest BCUT2D eigenvalue weighted by Crippen LogP contribution is -2.39. The zero-order chi connectivity index (χ0) is 21.3. The lowest BCUT2D eigenvalue weighted by atomic mass is 9.92. The van der Waals surface area contributed by atoms with Crippen molar-refractivity contribution in [1.82, 2.24) is 19.7 Å². The first kappa shape index (κ1) is 20.1. The molecule has 1 aromatic carbocycles. The molecular weight excluding hydrogens is 376 g/mol. The summed E-state index contributed by atoms with van der Waals surface area (Å²) >= 11 is 0. The number of nitrogens with zero attached hydrogens (tertiary/aromatic N) is 4. The number of benzene rings is 1. The molecule has 0 bridgehead atoms. The van der Waals surface area contributed by atoms with Gasteiger partial charge in [0, 0.05) is 43.1 Å². The van der Waals surface area contributed by atoms with E-state index >= 15 is 0 Å². The number of rotatable bonds is 4. The first-order valence-corrected chi connectivity index (χ1v) is 10.4. The van der Waals surface area contributed by atoms with Crippen molar-refractivity contribution in [3.05, 3.63) is 65.2 Å². The molecule has 1 aliphatic rings. The highest BCUT2D eigenvalue weighted by Crippen LogP contribution is 2.31. The number of carbonyl (C=O) groups is 1. The van der Waals surface area contributed by atoms with E-state index in [1.807, 2.05) is 44.0 Å². The number of piperidine rings is 1. The maximum atomic E-state index is 13.1. The van der Waals surface area contributed by atoms with Crippen LogP contribution in [0.1, 0.15) is 46.2 Å². The second-order valence-corrected chi connectivity index (χ2v) is 8.01. The molecule has 1 amide bonds. The molecule has 1 atom stereocenters. The van der Waals surface area contributed by atoms with Crippen molar-refractivity contribution >= 4 is 5.91 Å². The molecule has 1 saturated heterocycles. The van der Waals surface area contributed by atoms with Crippen molar-refractivity contribution in [2.45, 2.75) is 32.6 Å². The normalized spacial score (nSPS) is 16.5. The van der Waals surface area contributed by atoms with E-state index in [4.69, 9.17) is 9.72 Å². The number of carbonyl (C=O) groups excluding carboxylic acids is 1. The van der Waals surface area contributed by atoms with Gasteiger partial charge in [0.2, 0.25) is 0 Å². The maximum absolute atomic E-state index is 13.1. The van der Waals surface area contributed by atoms with Gasteiger partial charge in [-0.05, 0) is 62.1 Å². The average Bonchev–Trinajstić information content (AvgIpc) is 3.11. The Labute approximate surface area is 177 Å². The second kappa shape index (κ2) is 8.30. The Morgan fingerprint density at radius 1 is 1.17 bits per heavy atom. The quantitative estimate of drug-likeness (QED) is 0.656. The highest BCUT2D eigenvalue weighted by atomic mass is 16.5. The molecule has 3 heterocycles. The van der Waals surface area contributed by atoms with Crippen LogP contribution >= 0.6 is 0 Å². The molecule has 1 aliphatic heterocycles. The molecule has 0 spiro atoms. The first-order valence-electron chi connectivity index (χ1n) is 10.4. The largest absolute Gasteiger partial charge is 0.497 e. The Hall–Kier alpha value is -3.15. The van der Waals surface area contributed by atoms with Crippen LogP contribution in [0, 0.1) is 13.8 Å². The van der Waals surface area contributed by atoms with Crippen LogP contribution in [0.2, 0.25) is 0 Å². The fourth-order valence-corrected chi connectivity index (χ4v) is 4.15. The van der Waals surface area contributed by atoms with E-state index in [-0.39, 0.29) is 11.8 Å². The minimum atomic E-state index is 0.0611. The van der Waals surface area contributed by atoms with Crippen LogP contribution in [-0.4, -0.2) is 45.8 Å². The van der Waals surface area contributed by atoms with Crippen LogP contribution < -0.4 is 4.74 Å². The molecule has 0 N–H and O–H groups in total. The number of hydrogen-bond donors (Lipinski definition) is 0. The predicted molar refractivity (Wildman–Crippen MR) is 117 cm³/mol. The lowest BCUT2D eigenvalue weighted by molar-refractivity contribution is 0.0705. The third kappa shape index (κ3) is 3.95. The van der Waals surface area contributed by atoms with E-state index in [0.29, 0.717) is 12.1 Å². The third-order valence-corrected chi connectivity index (χ3v) is 5.97. The van der Waals surface area contributed by atoms with Gasteiger partial charge < -0.3 is 9.64 Å². The number of amides is 1. The molecule has 0 radical (unpaired) electrons. The monoisotopic (exact) mass is 404 g/mol. The zero-order valence-corrected chi connectivity index (χ0v) is 18.1. The Balaban J connectivity index is 1.60. The van der Waals surface area contributed by atoms with E-state index in [9.17, 15) is 4.79 Å². The molecule has 30 heavy (non-hydrogen) atoms. The van der Waals surface area contributed by atoms with E-state index in [2.05, 4.69) is 23.3 Å². The van der Waals surface area contributed by atoms with Crippen molar-refractivity contribution in [2.75, 3.05) is 20.2 Å². The molecule has 6 nitrogen and oxygen atoms in total. The van der Waals surface area contributed by atoms with Crippen molar-refractivity contribution < 1.29 is 9.53 Å². The van der Waals surface area contributed by atoms with Crippen LogP contribution in [0.3, 0.4) is 0 Å². The number of aromatic nitrogens is 3. The molecule has 0 saturated carbocycles. The zero-order valence-electron chi connectivity index (χ0n) is 18.1. The number of hydrogen-bond acceptors (Lipinski definition) is 4. The van der Waals surface area contributed by atoms with Crippen LogP contribution in [-0.2, 0) is 7.05 Å². The number of ether oxygens (including phenoxy) is 1. The summed E-state index contributed by atoms with van der Waals surface area (Å²) < 4.78 is 7.13. The summed E-state index contributed by atoms with van der Waals surface area (Å²) in [5.74, 6) is 1.12. The summed E-state index contributed by atoms with van der Waals surface area (Å²) in [4.78, 5) is 19.9. The minimum Gasteiger partial charge on any atom is -0.497 e. The van der Waals surface area contributed by atoms with Crippen LogP contribution in [0.5, 0.6) is 5.75 Å². The highest BCUT2D eigenvalue weighted by molar-refractivity contribution is 5.95. The molecule has 156 valence electrons. The fourth-order valence-electron chi connectivity index (χ4n) is 4.15. The highest BCUT2D eigenvalue weighted by Gasteiger charge is 2.28. The van der Waals surface area contributed by atoms with Crippen molar-refractivity contribution in [1.29, 1.82) is 0 Å². The fraction of sp³-hybridized carbons (Fsp3) is 0.375. The third-order valence-electron chi connectivity index (χ3n) is 5.97. The smallest absolute Gasteiger partial charge is 0.257 e. The summed E-state index contributed by atoms with van der Waals surface area (Å²) in [5.41, 5.74) is 5.85. The van der Waals surface area contributed by atoms with Gasteiger partial charge in [0.25, 0.3) is 5.91 Å². The van der Waals surface area contributed by atoms with E-state index in [1.165, 1.54) is 0 Å². The molecular formula is C24H28N4O2. The second-order valence-electron chi connectivity index (χ2n) is 8.01. The molecule has 4 rings (SSSR count). The van der Waals surface area contributed by atoms with Crippen LogP contribution in [0.4, 0.5) is 0 Å². The minimum absolute atomic E-state index is 0.0611. The number of aryl methyl sites for hydroxylation is 2. The molecule has 3 aromatic rings. The standard InChI is InChI=1S/C24H28N4O2/c1-16-11-20(18-7-5-9-21(12-18)30-4)13-23(26-16)19-8-6-10-28(15-19)24(29)22-14-25-27(3)17(22)2/h5,7,9,11-14,19H,6,8,10,15H2,1-4H3. The summed E-state index contributed by atoms with van der Waals surface area (Å²) in [6, 6.07) is 12.3. The van der Waals surface area contributed by atoms with Crippen molar-refractivity contribution in [2.24, 2.45) is 7.05 Å². The van der Waals surface area contributed by atoms with E-state index in [1.54, 1.807) is 18.0 Å². The Morgan fingerprint density at radius 3 is 2.73 bits per heavy atom. The van der Waals surface area contributed by atoms with Gasteiger partial charge in [-0.2, -0.15) is 5.10 Å². The molecule has 1 fully saturated rings. The topological polar surface area (TPSA) is 60.2 Å². The Bertz CT molecular complexity index is 1070. The van der Waals surface area contributed by atoms with Crippen LogP contribution in [0.25, 0.3) is 11.1 Å². The van der Waals surface area contributed by atoms with Gasteiger partial charge in [0.15, 0.2) is 0 Å². The van der Waals surface area contributed by atoms with Gasteiger partial charge in [-0.15, -0.1) is 0 Å². The van der Waals surface area contributed by atoms with Crippen molar-refractivity contribution in [3.63, 3.8) is 0 Å². The summed E-state index contributed by atoms with van der Waals surface area (Å²) in [7, 11) is 3.54. The maximum Gasteiger partial charge on any atom is 0.257 e. The van der Waals surface area contributed by atoms with Gasteiger partial charge >= 0.3 is 0 Å². The molecule has 0 aliphatic carbocycles. The lowest BCUT2D eigenvalue weighted by Gasteiger charge is -2.32. The van der Waals surface area contributed by atoms with Gasteiger partial charge in [0.1, 0.15) is 5.75 Å². The van der Waals surface area contributed by atoms with Crippen molar-refractivity contribution in [3.8, 4) is 16.9 Å². The predicted octanol–water partition coefficient (Wildman–Crippen LogP) is 4.13. The van der Waals surface area contributed by atoms with E-state index < -0.39 is 0 Å². The number of pyridine rings is 1. The summed E-state index contributed by atoms with van der Waals surface area (Å²) in [5, 5.41) is 4.23. The molecule has 2 aromatic heterocycles. The number of likely N-dealkylation sites (tertiary alicyclic amines) is 1. The molecule has 1 unspecified atom stereocenters. The van der Waals surface area contributed by atoms with Gasteiger partial charge in [-0.3, -0.25) is 14.5 Å². The SMILES string of the molecule is COc1cccc(-c2cc(C)nc(C3CCCN(C(=O)c4cnn(C)c4C)C3)c2)c1. The van der Waals surface area contributed by atoms with Gasteiger partial charge in [-0.1, -0.05) is 12.1 Å². The summed E-state index contributed by atoms with van der Waals surface area (Å²) in [6.45, 7) is 5.42. The van der Waals surface area contributed by atoms with Crippen LogP contribution in [0.15, 0.2) is 42.6 Å². The van der Waals surface area contributed by atoms with E-state index in [0.717, 1.165) is 53.3 Å². The molecule has 6 heteroatoms. The van der Waals surface area contributed by atoms with Gasteiger partial charge in [0.05, 0.1) is 18.9 Å².